The van der Waals surface area contributed by atoms with Crippen molar-refractivity contribution in [2.45, 2.75) is 44.8 Å². The summed E-state index contributed by atoms with van der Waals surface area (Å²) in [6.07, 6.45) is 6.82. The molecule has 0 atom stereocenters. The Balaban J connectivity index is 1.91. The van der Waals surface area contributed by atoms with E-state index in [0.29, 0.717) is 17.3 Å². The first-order valence-electron chi connectivity index (χ1n) is 6.10. The maximum absolute atomic E-state index is 5.91. The molecule has 1 saturated carbocycles. The highest BCUT2D eigenvalue weighted by molar-refractivity contribution is 6.30. The summed E-state index contributed by atoms with van der Waals surface area (Å²) < 4.78 is 5.37. The lowest BCUT2D eigenvalue weighted by molar-refractivity contribution is 0.0682. The second kappa shape index (κ2) is 5.69. The van der Waals surface area contributed by atoms with Crippen LogP contribution in [0.5, 0.6) is 0 Å². The van der Waals surface area contributed by atoms with Crippen molar-refractivity contribution in [2.75, 3.05) is 12.4 Å². The summed E-state index contributed by atoms with van der Waals surface area (Å²) in [5.74, 6) is 0. The van der Waals surface area contributed by atoms with Gasteiger partial charge in [-0.25, -0.2) is 4.98 Å². The van der Waals surface area contributed by atoms with E-state index in [1.54, 1.807) is 13.3 Å². The van der Waals surface area contributed by atoms with Crippen LogP contribution < -0.4 is 5.32 Å². The zero-order chi connectivity index (χ0) is 12.3. The SMILES string of the molecule is COC1CCC(Nc2cnc(Cl)c(C)c2)CC1. The van der Waals surface area contributed by atoms with Crippen LogP contribution in [0.3, 0.4) is 0 Å². The van der Waals surface area contributed by atoms with Gasteiger partial charge in [0, 0.05) is 13.2 Å². The number of aromatic nitrogens is 1. The maximum atomic E-state index is 5.91. The first-order chi connectivity index (χ1) is 8.19. The van der Waals surface area contributed by atoms with Gasteiger partial charge in [0.15, 0.2) is 0 Å². The Bertz CT molecular complexity index is 376. The molecule has 1 aromatic rings. The molecule has 0 unspecified atom stereocenters. The molecule has 0 bridgehead atoms. The van der Waals surface area contributed by atoms with Gasteiger partial charge in [-0.3, -0.25) is 0 Å². The van der Waals surface area contributed by atoms with E-state index in [9.17, 15) is 0 Å². The molecule has 0 aliphatic heterocycles. The fourth-order valence-electron chi connectivity index (χ4n) is 2.32. The Labute approximate surface area is 108 Å². The van der Waals surface area contributed by atoms with E-state index in [1.807, 2.05) is 6.92 Å². The number of halogens is 1. The van der Waals surface area contributed by atoms with Crippen molar-refractivity contribution in [1.82, 2.24) is 4.98 Å². The van der Waals surface area contributed by atoms with Gasteiger partial charge in [-0.15, -0.1) is 0 Å². The third kappa shape index (κ3) is 3.33. The summed E-state index contributed by atoms with van der Waals surface area (Å²) in [4.78, 5) is 4.15. The van der Waals surface area contributed by atoms with Gasteiger partial charge in [-0.2, -0.15) is 0 Å². The molecule has 1 aliphatic carbocycles. The summed E-state index contributed by atoms with van der Waals surface area (Å²) in [7, 11) is 1.80. The molecule has 1 heterocycles. The number of nitrogens with zero attached hydrogens (tertiary/aromatic N) is 1. The number of hydrogen-bond donors (Lipinski definition) is 1. The highest BCUT2D eigenvalue weighted by Gasteiger charge is 2.20. The molecule has 1 aromatic heterocycles. The smallest absolute Gasteiger partial charge is 0.132 e. The lowest BCUT2D eigenvalue weighted by Crippen LogP contribution is -2.29. The van der Waals surface area contributed by atoms with Crippen LogP contribution in [0, 0.1) is 6.92 Å². The average molecular weight is 255 g/mol. The third-order valence-corrected chi connectivity index (χ3v) is 3.79. The molecule has 2 rings (SSSR count). The van der Waals surface area contributed by atoms with Crippen LogP contribution in [0.25, 0.3) is 0 Å². The van der Waals surface area contributed by atoms with Gasteiger partial charge in [0.2, 0.25) is 0 Å². The van der Waals surface area contributed by atoms with Crippen LogP contribution in [0.4, 0.5) is 5.69 Å². The van der Waals surface area contributed by atoms with Gasteiger partial charge in [-0.1, -0.05) is 11.6 Å². The van der Waals surface area contributed by atoms with Gasteiger partial charge >= 0.3 is 0 Å². The van der Waals surface area contributed by atoms with Crippen molar-refractivity contribution in [3.8, 4) is 0 Å². The normalized spacial score (nSPS) is 24.6. The monoisotopic (exact) mass is 254 g/mol. The highest BCUT2D eigenvalue weighted by Crippen LogP contribution is 2.24. The molecule has 0 amide bonds. The fraction of sp³-hybridized carbons (Fsp3) is 0.615. The Morgan fingerprint density at radius 3 is 2.65 bits per heavy atom. The average Bonchev–Trinajstić information content (AvgIpc) is 2.35. The predicted octanol–water partition coefficient (Wildman–Crippen LogP) is 3.41. The minimum Gasteiger partial charge on any atom is -0.381 e. The van der Waals surface area contributed by atoms with Crippen LogP contribution in [0.15, 0.2) is 12.3 Å². The van der Waals surface area contributed by atoms with E-state index in [-0.39, 0.29) is 0 Å². The summed E-state index contributed by atoms with van der Waals surface area (Å²) in [5, 5.41) is 4.10. The third-order valence-electron chi connectivity index (χ3n) is 3.39. The topological polar surface area (TPSA) is 34.1 Å². The van der Waals surface area contributed by atoms with Crippen molar-refractivity contribution in [3.05, 3.63) is 23.0 Å². The maximum Gasteiger partial charge on any atom is 0.132 e. The molecule has 4 heteroatoms. The van der Waals surface area contributed by atoms with E-state index in [2.05, 4.69) is 16.4 Å². The Morgan fingerprint density at radius 1 is 1.35 bits per heavy atom. The summed E-state index contributed by atoms with van der Waals surface area (Å²) in [5.41, 5.74) is 2.08. The second-order valence-electron chi connectivity index (χ2n) is 4.69. The van der Waals surface area contributed by atoms with E-state index in [0.717, 1.165) is 36.9 Å². The standard InChI is InChI=1S/C13H19ClN2O/c1-9-7-11(8-15-13(9)14)16-10-3-5-12(17-2)6-4-10/h7-8,10,12,16H,3-6H2,1-2H3. The highest BCUT2D eigenvalue weighted by atomic mass is 35.5. The molecule has 94 valence electrons. The van der Waals surface area contributed by atoms with Crippen LogP contribution in [-0.4, -0.2) is 24.2 Å². The van der Waals surface area contributed by atoms with Gasteiger partial charge in [0.25, 0.3) is 0 Å². The van der Waals surface area contributed by atoms with E-state index >= 15 is 0 Å². The first-order valence-corrected chi connectivity index (χ1v) is 6.48. The Kier molecular flexibility index (Phi) is 4.24. The molecule has 17 heavy (non-hydrogen) atoms. The van der Waals surface area contributed by atoms with Crippen LogP contribution in [0.2, 0.25) is 5.15 Å². The van der Waals surface area contributed by atoms with E-state index in [1.165, 1.54) is 0 Å². The molecule has 0 saturated heterocycles. The lowest BCUT2D eigenvalue weighted by Gasteiger charge is -2.28. The zero-order valence-electron chi connectivity index (χ0n) is 10.4. The predicted molar refractivity (Wildman–Crippen MR) is 70.7 cm³/mol. The minimum atomic E-state index is 0.443. The Hall–Kier alpha value is -0.800. The number of ether oxygens (including phenoxy) is 1. The molecule has 1 aliphatic rings. The Morgan fingerprint density at radius 2 is 2.06 bits per heavy atom. The van der Waals surface area contributed by atoms with Crippen molar-refractivity contribution in [1.29, 1.82) is 0 Å². The molecule has 0 spiro atoms. The van der Waals surface area contributed by atoms with Crippen molar-refractivity contribution >= 4 is 17.3 Å². The van der Waals surface area contributed by atoms with Gasteiger partial charge in [-0.05, 0) is 44.2 Å². The molecule has 0 radical (unpaired) electrons. The number of aryl methyl sites for hydroxylation is 1. The summed E-state index contributed by atoms with van der Waals surface area (Å²) in [6, 6.07) is 2.58. The van der Waals surface area contributed by atoms with Gasteiger partial charge < -0.3 is 10.1 Å². The molecule has 1 fully saturated rings. The molecular formula is C13H19ClN2O. The lowest BCUT2D eigenvalue weighted by atomic mass is 9.93. The van der Waals surface area contributed by atoms with E-state index in [4.69, 9.17) is 16.3 Å². The van der Waals surface area contributed by atoms with E-state index < -0.39 is 0 Å². The van der Waals surface area contributed by atoms with Gasteiger partial charge in [0.05, 0.1) is 18.0 Å². The van der Waals surface area contributed by atoms with Crippen molar-refractivity contribution < 1.29 is 4.74 Å². The molecule has 3 nitrogen and oxygen atoms in total. The molecular weight excluding hydrogens is 236 g/mol. The first kappa shape index (κ1) is 12.7. The summed E-state index contributed by atoms with van der Waals surface area (Å²) in [6.45, 7) is 1.97. The van der Waals surface area contributed by atoms with Crippen molar-refractivity contribution in [2.24, 2.45) is 0 Å². The summed E-state index contributed by atoms with van der Waals surface area (Å²) >= 11 is 5.91. The fourth-order valence-corrected chi connectivity index (χ4v) is 2.42. The number of methoxy groups -OCH3 is 1. The number of nitrogens with one attached hydrogen (secondary N) is 1. The molecule has 0 aromatic carbocycles. The minimum absolute atomic E-state index is 0.443. The molecule has 1 N–H and O–H groups in total. The largest absolute Gasteiger partial charge is 0.381 e. The van der Waals surface area contributed by atoms with Crippen LogP contribution >= 0.6 is 11.6 Å². The number of hydrogen-bond acceptors (Lipinski definition) is 3. The zero-order valence-corrected chi connectivity index (χ0v) is 11.1. The number of pyridine rings is 1. The van der Waals surface area contributed by atoms with Crippen molar-refractivity contribution in [3.63, 3.8) is 0 Å². The number of rotatable bonds is 3. The van der Waals surface area contributed by atoms with Crippen LogP contribution in [-0.2, 0) is 4.74 Å². The number of anilines is 1. The quantitative estimate of drug-likeness (QED) is 0.840. The van der Waals surface area contributed by atoms with Gasteiger partial charge in [0.1, 0.15) is 5.15 Å². The second-order valence-corrected chi connectivity index (χ2v) is 5.04. The van der Waals surface area contributed by atoms with Crippen LogP contribution in [0.1, 0.15) is 31.2 Å².